The highest BCUT2D eigenvalue weighted by Gasteiger charge is 2.36. The number of carbonyl (C=O) groups is 1. The molecule has 128 valence electrons. The lowest BCUT2D eigenvalue weighted by Gasteiger charge is -2.43. The van der Waals surface area contributed by atoms with E-state index in [9.17, 15) is 9.90 Å². The summed E-state index contributed by atoms with van der Waals surface area (Å²) < 4.78 is 1.69. The van der Waals surface area contributed by atoms with Gasteiger partial charge in [0.1, 0.15) is 6.10 Å². The van der Waals surface area contributed by atoms with Gasteiger partial charge in [0.15, 0.2) is 0 Å². The Kier molecular flexibility index (Phi) is 5.05. The van der Waals surface area contributed by atoms with Crippen LogP contribution in [0.4, 0.5) is 0 Å². The van der Waals surface area contributed by atoms with Crippen LogP contribution in [0.3, 0.4) is 0 Å². The van der Waals surface area contributed by atoms with Gasteiger partial charge in [-0.05, 0) is 49.5 Å². The largest absolute Gasteiger partial charge is 0.383 e. The van der Waals surface area contributed by atoms with Gasteiger partial charge in [0.25, 0.3) is 0 Å². The van der Waals surface area contributed by atoms with Gasteiger partial charge in [-0.15, -0.1) is 0 Å². The number of aryl methyl sites for hydroxylation is 1. The molecule has 5 nitrogen and oxygen atoms in total. The lowest BCUT2D eigenvalue weighted by molar-refractivity contribution is -0.130. The maximum Gasteiger partial charge on any atom is 0.249 e. The molecule has 3 rings (SSSR count). The summed E-state index contributed by atoms with van der Waals surface area (Å²) in [6, 6.07) is 0.235. The lowest BCUT2D eigenvalue weighted by Crippen LogP contribution is -2.45. The number of rotatable bonds is 4. The Balaban J connectivity index is 1.45. The maximum absolute atomic E-state index is 12.2. The minimum absolute atomic E-state index is 0.235. The molecule has 2 N–H and O–H groups in total. The standard InChI is InChI=1S/C18H29N3O2/c1-21-13-14(12-19-21)11-16(22)17(23)20-15-5-9-18(10-6-15)7-3-2-4-8-18/h12-13,15-16,22H,2-11H2,1H3,(H,20,23)/t16-/m1/s1. The second kappa shape index (κ2) is 7.04. The van der Waals surface area contributed by atoms with Crippen molar-refractivity contribution < 1.29 is 9.90 Å². The SMILES string of the molecule is Cn1cc(C[C@@H](O)C(=O)NC2CCC3(CCCCC3)CC2)cn1. The van der Waals surface area contributed by atoms with E-state index >= 15 is 0 Å². The molecule has 0 unspecified atom stereocenters. The highest BCUT2D eigenvalue weighted by molar-refractivity contribution is 5.81. The third-order valence-corrected chi connectivity index (χ3v) is 5.80. The Morgan fingerprint density at radius 2 is 2.04 bits per heavy atom. The molecule has 1 aromatic rings. The minimum atomic E-state index is -0.982. The molecular weight excluding hydrogens is 290 g/mol. The van der Waals surface area contributed by atoms with E-state index in [4.69, 9.17) is 0 Å². The first-order chi connectivity index (χ1) is 11.1. The van der Waals surface area contributed by atoms with Gasteiger partial charge in [0.2, 0.25) is 5.91 Å². The number of aromatic nitrogens is 2. The smallest absolute Gasteiger partial charge is 0.249 e. The predicted octanol–water partition coefficient (Wildman–Crippen LogP) is 2.33. The van der Waals surface area contributed by atoms with Crippen LogP contribution in [0.5, 0.6) is 0 Å². The zero-order valence-electron chi connectivity index (χ0n) is 14.1. The molecule has 23 heavy (non-hydrogen) atoms. The second-order valence-electron chi connectivity index (χ2n) is 7.59. The van der Waals surface area contributed by atoms with E-state index in [1.165, 1.54) is 44.9 Å². The molecule has 1 aromatic heterocycles. The number of aliphatic hydroxyl groups excluding tert-OH is 1. The Hall–Kier alpha value is -1.36. The topological polar surface area (TPSA) is 67.2 Å². The van der Waals surface area contributed by atoms with Crippen molar-refractivity contribution in [3.8, 4) is 0 Å². The van der Waals surface area contributed by atoms with Crippen molar-refractivity contribution in [1.82, 2.24) is 15.1 Å². The third-order valence-electron chi connectivity index (χ3n) is 5.80. The molecule has 0 aliphatic heterocycles. The summed E-state index contributed by atoms with van der Waals surface area (Å²) in [5.41, 5.74) is 1.45. The fraction of sp³-hybridized carbons (Fsp3) is 0.778. The molecule has 0 bridgehead atoms. The van der Waals surface area contributed by atoms with Crippen LogP contribution in [-0.2, 0) is 18.3 Å². The number of hydrogen-bond donors (Lipinski definition) is 2. The van der Waals surface area contributed by atoms with Gasteiger partial charge in [-0.2, -0.15) is 5.10 Å². The van der Waals surface area contributed by atoms with Crippen LogP contribution in [0.25, 0.3) is 0 Å². The quantitative estimate of drug-likeness (QED) is 0.895. The normalized spacial score (nSPS) is 22.9. The van der Waals surface area contributed by atoms with Crippen LogP contribution in [0.2, 0.25) is 0 Å². The van der Waals surface area contributed by atoms with Crippen LogP contribution in [0.1, 0.15) is 63.4 Å². The van der Waals surface area contributed by atoms with Gasteiger partial charge in [-0.25, -0.2) is 0 Å². The van der Waals surface area contributed by atoms with Crippen molar-refractivity contribution in [3.05, 3.63) is 18.0 Å². The Morgan fingerprint density at radius 3 is 2.65 bits per heavy atom. The molecule has 1 heterocycles. The summed E-state index contributed by atoms with van der Waals surface area (Å²) in [6.07, 6.45) is 14.4. The molecule has 1 atom stereocenters. The van der Waals surface area contributed by atoms with Crippen LogP contribution in [0, 0.1) is 5.41 Å². The highest BCUT2D eigenvalue weighted by Crippen LogP contribution is 2.47. The van der Waals surface area contributed by atoms with E-state index < -0.39 is 6.10 Å². The average molecular weight is 319 g/mol. The van der Waals surface area contributed by atoms with Crippen molar-refractivity contribution in [2.75, 3.05) is 0 Å². The van der Waals surface area contributed by atoms with Crippen molar-refractivity contribution in [3.63, 3.8) is 0 Å². The predicted molar refractivity (Wildman–Crippen MR) is 88.8 cm³/mol. The van der Waals surface area contributed by atoms with Crippen molar-refractivity contribution in [1.29, 1.82) is 0 Å². The van der Waals surface area contributed by atoms with Crippen LogP contribution >= 0.6 is 0 Å². The highest BCUT2D eigenvalue weighted by atomic mass is 16.3. The molecule has 2 aliphatic rings. The fourth-order valence-corrected chi connectivity index (χ4v) is 4.37. The molecule has 0 aromatic carbocycles. The Labute approximate surface area is 138 Å². The van der Waals surface area contributed by atoms with Gasteiger partial charge in [-0.3, -0.25) is 9.48 Å². The van der Waals surface area contributed by atoms with Gasteiger partial charge < -0.3 is 10.4 Å². The van der Waals surface area contributed by atoms with E-state index in [0.717, 1.165) is 18.4 Å². The number of amides is 1. The zero-order chi connectivity index (χ0) is 16.3. The lowest BCUT2D eigenvalue weighted by atomic mass is 9.64. The Bertz CT molecular complexity index is 524. The summed E-state index contributed by atoms with van der Waals surface area (Å²) in [7, 11) is 1.83. The average Bonchev–Trinajstić information content (AvgIpc) is 2.95. The Morgan fingerprint density at radius 1 is 1.35 bits per heavy atom. The molecular formula is C18H29N3O2. The van der Waals surface area contributed by atoms with Crippen molar-refractivity contribution in [2.45, 2.75) is 76.4 Å². The first kappa shape index (κ1) is 16.5. The summed E-state index contributed by atoms with van der Waals surface area (Å²) in [4.78, 5) is 12.2. The van der Waals surface area contributed by atoms with Crippen LogP contribution < -0.4 is 5.32 Å². The summed E-state index contributed by atoms with van der Waals surface area (Å²) in [5.74, 6) is -0.238. The molecule has 5 heteroatoms. The number of carbonyl (C=O) groups excluding carboxylic acids is 1. The van der Waals surface area contributed by atoms with Crippen LogP contribution in [0.15, 0.2) is 12.4 Å². The van der Waals surface area contributed by atoms with E-state index in [2.05, 4.69) is 10.4 Å². The van der Waals surface area contributed by atoms with Gasteiger partial charge >= 0.3 is 0 Å². The number of hydrogen-bond acceptors (Lipinski definition) is 3. The van der Waals surface area contributed by atoms with Crippen LogP contribution in [-0.4, -0.2) is 32.9 Å². The van der Waals surface area contributed by atoms with Gasteiger partial charge in [-0.1, -0.05) is 19.3 Å². The van der Waals surface area contributed by atoms with Gasteiger partial charge in [0, 0.05) is 25.7 Å². The van der Waals surface area contributed by atoms with E-state index in [-0.39, 0.29) is 11.9 Å². The monoisotopic (exact) mass is 319 g/mol. The molecule has 1 spiro atoms. The van der Waals surface area contributed by atoms with Gasteiger partial charge in [0.05, 0.1) is 6.20 Å². The first-order valence-corrected chi connectivity index (χ1v) is 9.02. The molecule has 1 amide bonds. The van der Waals surface area contributed by atoms with E-state index in [1.54, 1.807) is 10.9 Å². The number of nitrogens with one attached hydrogen (secondary N) is 1. The van der Waals surface area contributed by atoms with Crippen molar-refractivity contribution in [2.24, 2.45) is 12.5 Å². The molecule has 2 fully saturated rings. The van der Waals surface area contributed by atoms with E-state index in [0.29, 0.717) is 11.8 Å². The second-order valence-corrected chi connectivity index (χ2v) is 7.59. The molecule has 0 radical (unpaired) electrons. The summed E-state index contributed by atoms with van der Waals surface area (Å²) in [5, 5.41) is 17.2. The third kappa shape index (κ3) is 4.14. The fourth-order valence-electron chi connectivity index (χ4n) is 4.37. The first-order valence-electron chi connectivity index (χ1n) is 9.02. The molecule has 2 aliphatic carbocycles. The number of aliphatic hydroxyl groups is 1. The summed E-state index contributed by atoms with van der Waals surface area (Å²) in [6.45, 7) is 0. The number of nitrogens with zero attached hydrogens (tertiary/aromatic N) is 2. The summed E-state index contributed by atoms with van der Waals surface area (Å²) >= 11 is 0. The van der Waals surface area contributed by atoms with Crippen molar-refractivity contribution >= 4 is 5.91 Å². The molecule has 0 saturated heterocycles. The zero-order valence-corrected chi connectivity index (χ0v) is 14.1. The van der Waals surface area contributed by atoms with E-state index in [1.807, 2.05) is 13.2 Å². The maximum atomic E-state index is 12.2. The molecule has 2 saturated carbocycles. The minimum Gasteiger partial charge on any atom is -0.383 e.